The number of hydrogen-bond acceptors (Lipinski definition) is 4. The molecule has 2 rings (SSSR count). The van der Waals surface area contributed by atoms with E-state index in [9.17, 15) is 0 Å². The Morgan fingerprint density at radius 3 is 2.32 bits per heavy atom. The third kappa shape index (κ3) is 4.91. The van der Waals surface area contributed by atoms with Crippen molar-refractivity contribution in [3.63, 3.8) is 0 Å². The highest BCUT2D eigenvalue weighted by molar-refractivity contribution is 5.15. The Morgan fingerprint density at radius 2 is 1.68 bits per heavy atom. The summed E-state index contributed by atoms with van der Waals surface area (Å²) >= 11 is 0. The molecule has 0 spiro atoms. The van der Waals surface area contributed by atoms with Crippen molar-refractivity contribution in [3.8, 4) is 0 Å². The summed E-state index contributed by atoms with van der Waals surface area (Å²) in [4.78, 5) is 4.74. The maximum absolute atomic E-state index is 8.92. The van der Waals surface area contributed by atoms with Gasteiger partial charge in [-0.05, 0) is 12.0 Å². The summed E-state index contributed by atoms with van der Waals surface area (Å²) in [7, 11) is 0. The second-order valence-corrected chi connectivity index (χ2v) is 5.32. The van der Waals surface area contributed by atoms with Gasteiger partial charge in [0.1, 0.15) is 0 Å². The van der Waals surface area contributed by atoms with Crippen molar-refractivity contribution < 1.29 is 5.11 Å². The zero-order valence-electron chi connectivity index (χ0n) is 11.5. The van der Waals surface area contributed by atoms with Crippen LogP contribution in [-0.2, 0) is 6.42 Å². The molecule has 1 aliphatic rings. The first kappa shape index (κ1) is 14.5. The highest BCUT2D eigenvalue weighted by Crippen LogP contribution is 2.06. The molecule has 1 aromatic rings. The maximum atomic E-state index is 8.92. The van der Waals surface area contributed by atoms with Crippen LogP contribution in [0.2, 0.25) is 0 Å². The lowest BCUT2D eigenvalue weighted by molar-refractivity contribution is 0.108. The molecule has 0 aliphatic carbocycles. The number of benzene rings is 1. The lowest BCUT2D eigenvalue weighted by atomic mass is 10.1. The van der Waals surface area contributed by atoms with Crippen molar-refractivity contribution in [2.45, 2.75) is 12.5 Å². The highest BCUT2D eigenvalue weighted by atomic mass is 16.3. The predicted molar refractivity (Wildman–Crippen MR) is 78.1 cm³/mol. The Labute approximate surface area is 115 Å². The number of piperazine rings is 1. The summed E-state index contributed by atoms with van der Waals surface area (Å²) in [5, 5.41) is 8.92. The fraction of sp³-hybridized carbons (Fsp3) is 0.600. The minimum Gasteiger partial charge on any atom is -0.395 e. The van der Waals surface area contributed by atoms with Crippen molar-refractivity contribution in [1.29, 1.82) is 0 Å². The molecule has 0 aromatic heterocycles. The van der Waals surface area contributed by atoms with Crippen LogP contribution in [0.3, 0.4) is 0 Å². The standard InChI is InChI=1S/C15H25N3O/c16-15(12-14-4-2-1-3-5-14)13-18-8-6-17(7-9-18)10-11-19/h1-5,15,19H,6-13,16H2/t15-/m1/s1. The molecule has 0 saturated carbocycles. The minimum absolute atomic E-state index is 0.201. The molecule has 3 N–H and O–H groups in total. The van der Waals surface area contributed by atoms with Crippen molar-refractivity contribution in [2.24, 2.45) is 5.73 Å². The fourth-order valence-electron chi connectivity index (χ4n) is 2.65. The molecule has 106 valence electrons. The number of aliphatic hydroxyl groups is 1. The minimum atomic E-state index is 0.201. The molecule has 0 bridgehead atoms. The molecule has 1 saturated heterocycles. The van der Waals surface area contributed by atoms with Crippen LogP contribution in [0.1, 0.15) is 5.56 Å². The quantitative estimate of drug-likeness (QED) is 0.768. The van der Waals surface area contributed by atoms with Gasteiger partial charge in [0, 0.05) is 45.3 Å². The van der Waals surface area contributed by atoms with Gasteiger partial charge in [-0.25, -0.2) is 0 Å². The summed E-state index contributed by atoms with van der Waals surface area (Å²) in [5.41, 5.74) is 7.55. The van der Waals surface area contributed by atoms with Crippen LogP contribution in [0, 0.1) is 0 Å². The molecule has 1 heterocycles. The first-order chi connectivity index (χ1) is 9.28. The monoisotopic (exact) mass is 263 g/mol. The summed E-state index contributed by atoms with van der Waals surface area (Å²) in [6.07, 6.45) is 0.942. The lowest BCUT2D eigenvalue weighted by Gasteiger charge is -2.35. The van der Waals surface area contributed by atoms with Crippen LogP contribution >= 0.6 is 0 Å². The summed E-state index contributed by atoms with van der Waals surface area (Å²) in [5.74, 6) is 0. The summed E-state index contributed by atoms with van der Waals surface area (Å²) in [6, 6.07) is 10.6. The van der Waals surface area contributed by atoms with E-state index in [0.29, 0.717) is 0 Å². The largest absolute Gasteiger partial charge is 0.395 e. The van der Waals surface area contributed by atoms with Crippen LogP contribution in [0.4, 0.5) is 0 Å². The third-order valence-corrected chi connectivity index (χ3v) is 3.71. The number of hydrogen-bond donors (Lipinski definition) is 2. The zero-order valence-corrected chi connectivity index (χ0v) is 11.5. The molecule has 19 heavy (non-hydrogen) atoms. The molecule has 0 radical (unpaired) electrons. The van der Waals surface area contributed by atoms with E-state index >= 15 is 0 Å². The van der Waals surface area contributed by atoms with Gasteiger partial charge in [-0.2, -0.15) is 0 Å². The van der Waals surface area contributed by atoms with Gasteiger partial charge < -0.3 is 10.8 Å². The molecule has 0 unspecified atom stereocenters. The Balaban J connectivity index is 1.70. The number of β-amino-alcohol motifs (C(OH)–C–C–N with tert-alkyl or cyclic N) is 1. The van der Waals surface area contributed by atoms with Gasteiger partial charge in [0.2, 0.25) is 0 Å². The average molecular weight is 263 g/mol. The van der Waals surface area contributed by atoms with E-state index in [1.54, 1.807) is 0 Å². The maximum Gasteiger partial charge on any atom is 0.0558 e. The summed E-state index contributed by atoms with van der Waals surface area (Å²) < 4.78 is 0. The second kappa shape index (κ2) is 7.60. The number of aliphatic hydroxyl groups excluding tert-OH is 1. The molecule has 1 fully saturated rings. The molecule has 1 aromatic carbocycles. The van der Waals surface area contributed by atoms with Gasteiger partial charge in [-0.15, -0.1) is 0 Å². The van der Waals surface area contributed by atoms with Crippen LogP contribution in [0.5, 0.6) is 0 Å². The van der Waals surface area contributed by atoms with Crippen molar-refractivity contribution in [1.82, 2.24) is 9.80 Å². The SMILES string of the molecule is N[C@H](Cc1ccccc1)CN1CCN(CCO)CC1. The van der Waals surface area contributed by atoms with Gasteiger partial charge in [-0.3, -0.25) is 9.80 Å². The Hall–Kier alpha value is -0.940. The predicted octanol–water partition coefficient (Wildman–Crippen LogP) is 0.166. The van der Waals surface area contributed by atoms with Crippen molar-refractivity contribution >= 4 is 0 Å². The van der Waals surface area contributed by atoms with Gasteiger partial charge in [-0.1, -0.05) is 30.3 Å². The Morgan fingerprint density at radius 1 is 1.05 bits per heavy atom. The van der Waals surface area contributed by atoms with Gasteiger partial charge in [0.15, 0.2) is 0 Å². The van der Waals surface area contributed by atoms with Crippen LogP contribution in [-0.4, -0.2) is 66.8 Å². The first-order valence-electron chi connectivity index (χ1n) is 7.13. The van der Waals surface area contributed by atoms with Gasteiger partial charge in [0.05, 0.1) is 6.61 Å². The molecule has 1 aliphatic heterocycles. The summed E-state index contributed by atoms with van der Waals surface area (Å²) in [6.45, 7) is 6.21. The topological polar surface area (TPSA) is 52.7 Å². The molecule has 4 nitrogen and oxygen atoms in total. The van der Waals surface area contributed by atoms with E-state index < -0.39 is 0 Å². The van der Waals surface area contributed by atoms with Crippen LogP contribution in [0.15, 0.2) is 30.3 Å². The van der Waals surface area contributed by atoms with Gasteiger partial charge in [0.25, 0.3) is 0 Å². The number of nitrogens with two attached hydrogens (primary N) is 1. The zero-order chi connectivity index (χ0) is 13.5. The average Bonchev–Trinajstić information content (AvgIpc) is 2.42. The first-order valence-corrected chi connectivity index (χ1v) is 7.13. The third-order valence-electron chi connectivity index (χ3n) is 3.71. The van der Waals surface area contributed by atoms with Gasteiger partial charge >= 0.3 is 0 Å². The normalized spacial score (nSPS) is 19.5. The molecule has 0 amide bonds. The number of nitrogens with zero attached hydrogens (tertiary/aromatic N) is 2. The molecular weight excluding hydrogens is 238 g/mol. The van der Waals surface area contributed by atoms with E-state index in [1.165, 1.54) is 5.56 Å². The van der Waals surface area contributed by atoms with Crippen molar-refractivity contribution in [2.75, 3.05) is 45.9 Å². The van der Waals surface area contributed by atoms with E-state index in [4.69, 9.17) is 10.8 Å². The molecule has 1 atom stereocenters. The van der Waals surface area contributed by atoms with E-state index in [-0.39, 0.29) is 12.6 Å². The molecular formula is C15H25N3O. The highest BCUT2D eigenvalue weighted by Gasteiger charge is 2.18. The Bertz CT molecular complexity index is 350. The second-order valence-electron chi connectivity index (χ2n) is 5.32. The lowest BCUT2D eigenvalue weighted by Crippen LogP contribution is -2.50. The van der Waals surface area contributed by atoms with Crippen molar-refractivity contribution in [3.05, 3.63) is 35.9 Å². The van der Waals surface area contributed by atoms with E-state index in [2.05, 4.69) is 34.1 Å². The van der Waals surface area contributed by atoms with Crippen LogP contribution < -0.4 is 5.73 Å². The van der Waals surface area contributed by atoms with E-state index in [0.717, 1.165) is 45.7 Å². The van der Waals surface area contributed by atoms with Crippen LogP contribution in [0.25, 0.3) is 0 Å². The Kier molecular flexibility index (Phi) is 5.79. The molecule has 4 heteroatoms. The fourth-order valence-corrected chi connectivity index (χ4v) is 2.65. The van der Waals surface area contributed by atoms with E-state index in [1.807, 2.05) is 6.07 Å². The number of rotatable bonds is 6. The smallest absolute Gasteiger partial charge is 0.0558 e.